The van der Waals surface area contributed by atoms with Crippen molar-refractivity contribution in [1.29, 1.82) is 0 Å². The molecule has 0 radical (unpaired) electrons. The van der Waals surface area contributed by atoms with E-state index >= 15 is 0 Å². The van der Waals surface area contributed by atoms with Gasteiger partial charge in [0.1, 0.15) is 24.6 Å². The van der Waals surface area contributed by atoms with Gasteiger partial charge in [-0.05, 0) is 30.2 Å². The fourth-order valence-corrected chi connectivity index (χ4v) is 3.45. The molecule has 3 aromatic rings. The fraction of sp³-hybridized carbons (Fsp3) is 0.385. The first kappa shape index (κ1) is 30.5. The molecule has 0 saturated carbocycles. The highest BCUT2D eigenvalue weighted by molar-refractivity contribution is 5.94. The van der Waals surface area contributed by atoms with E-state index in [9.17, 15) is 14.4 Å². The van der Waals surface area contributed by atoms with Gasteiger partial charge in [-0.2, -0.15) is 4.98 Å². The zero-order chi connectivity index (χ0) is 29.5. The molecule has 1 unspecified atom stereocenters. The van der Waals surface area contributed by atoms with Crippen molar-refractivity contribution in [3.05, 3.63) is 62.4 Å². The Morgan fingerprint density at radius 3 is 2.95 bits per heavy atom. The number of ether oxygens (including phenoxy) is 3. The number of aromatic amines is 2. The average molecular weight is 566 g/mol. The number of rotatable bonds is 15. The number of nitrogens with zero attached hydrogens (tertiary/aromatic N) is 4. The van der Waals surface area contributed by atoms with Gasteiger partial charge in [-0.1, -0.05) is 36.4 Å². The Kier molecular flexibility index (Phi) is 12.0. The standard InChI is InChI=1S/C26H31N9O6/c1-2-3-9-30-24(37)17-6-4-8-19(13-17)41-16-21(34-35-28)40-12-11-39-15-20(36)29-10-5-7-18-14-31-23-22(18)25(38)33-26(27)32-23/h4,6,8,13-14,21H,2-3,9-12,15-16H2,1H3,(H,29,36)(H,30,37)(H4,27,31,32,33,38). The summed E-state index contributed by atoms with van der Waals surface area (Å²) in [6, 6.07) is 6.63. The lowest BCUT2D eigenvalue weighted by Crippen LogP contribution is -2.29. The first-order valence-electron chi connectivity index (χ1n) is 12.8. The lowest BCUT2D eigenvalue weighted by Gasteiger charge is -2.14. The molecule has 2 heterocycles. The van der Waals surface area contributed by atoms with Crippen molar-refractivity contribution in [2.45, 2.75) is 26.0 Å². The largest absolute Gasteiger partial charge is 0.491 e. The number of fused-ring (bicyclic) bond motifs is 1. The van der Waals surface area contributed by atoms with Gasteiger partial charge in [0.2, 0.25) is 11.9 Å². The number of benzene rings is 1. The van der Waals surface area contributed by atoms with E-state index in [0.29, 0.717) is 29.1 Å². The van der Waals surface area contributed by atoms with E-state index in [-0.39, 0.29) is 50.2 Å². The number of aromatic nitrogens is 3. The minimum Gasteiger partial charge on any atom is -0.491 e. The number of nitrogens with one attached hydrogen (secondary N) is 4. The second-order valence-corrected chi connectivity index (χ2v) is 8.49. The molecule has 15 nitrogen and oxygen atoms in total. The Labute approximate surface area is 234 Å². The number of H-pyrrole nitrogens is 2. The molecular weight excluding hydrogens is 534 g/mol. The Balaban J connectivity index is 1.35. The first-order valence-corrected chi connectivity index (χ1v) is 12.8. The molecular formula is C26H31N9O6. The Bertz CT molecular complexity index is 1500. The summed E-state index contributed by atoms with van der Waals surface area (Å²) in [5.74, 6) is 5.36. The molecule has 3 rings (SSSR count). The fourth-order valence-electron chi connectivity index (χ4n) is 3.45. The van der Waals surface area contributed by atoms with E-state index in [1.807, 2.05) is 6.92 Å². The third-order valence-corrected chi connectivity index (χ3v) is 5.41. The lowest BCUT2D eigenvalue weighted by molar-refractivity contribution is -0.126. The molecule has 1 aromatic carbocycles. The number of azide groups is 1. The molecule has 0 aliphatic heterocycles. The van der Waals surface area contributed by atoms with Crippen LogP contribution in [0.5, 0.6) is 5.75 Å². The Morgan fingerprint density at radius 1 is 1.29 bits per heavy atom. The van der Waals surface area contributed by atoms with E-state index in [1.54, 1.807) is 24.3 Å². The third-order valence-electron chi connectivity index (χ3n) is 5.41. The predicted octanol–water partition coefficient (Wildman–Crippen LogP) is 1.58. The summed E-state index contributed by atoms with van der Waals surface area (Å²) in [6.45, 7) is 2.43. The molecule has 0 aliphatic rings. The molecule has 15 heteroatoms. The number of unbranched alkanes of at least 4 members (excludes halogenated alkanes) is 1. The van der Waals surface area contributed by atoms with E-state index in [2.05, 4.69) is 47.5 Å². The van der Waals surface area contributed by atoms with Gasteiger partial charge >= 0.3 is 0 Å². The average Bonchev–Trinajstić information content (AvgIpc) is 3.37. The van der Waals surface area contributed by atoms with Crippen LogP contribution in [0.25, 0.3) is 21.5 Å². The van der Waals surface area contributed by atoms with Gasteiger partial charge < -0.3 is 35.6 Å². The normalized spacial score (nSPS) is 11.1. The minimum absolute atomic E-state index is 0.00560. The number of hydrogen-bond acceptors (Lipinski definition) is 9. The smallest absolute Gasteiger partial charge is 0.263 e. The summed E-state index contributed by atoms with van der Waals surface area (Å²) in [4.78, 5) is 48.2. The second kappa shape index (κ2) is 16.2. The van der Waals surface area contributed by atoms with Crippen molar-refractivity contribution >= 4 is 28.8 Å². The van der Waals surface area contributed by atoms with Crippen molar-refractivity contribution < 1.29 is 23.8 Å². The molecule has 0 fully saturated rings. The van der Waals surface area contributed by atoms with Crippen LogP contribution in [0.3, 0.4) is 0 Å². The summed E-state index contributed by atoms with van der Waals surface area (Å²) >= 11 is 0. The van der Waals surface area contributed by atoms with Crippen LogP contribution in [0.1, 0.15) is 35.7 Å². The SMILES string of the molecule is CCCCNC(=O)c1cccc(OCC(N=[N+]=[N-])OCCOCC(=O)NCC#Cc2c[nH]c3nc(N)[nH]c(=O)c23)c1. The Morgan fingerprint density at radius 2 is 2.15 bits per heavy atom. The van der Waals surface area contributed by atoms with Crippen LogP contribution >= 0.6 is 0 Å². The summed E-state index contributed by atoms with van der Waals surface area (Å²) < 4.78 is 16.4. The van der Waals surface area contributed by atoms with Crippen LogP contribution in [0.4, 0.5) is 5.95 Å². The second-order valence-electron chi connectivity index (χ2n) is 8.49. The predicted molar refractivity (Wildman–Crippen MR) is 150 cm³/mol. The molecule has 0 bridgehead atoms. The number of carbonyl (C=O) groups excluding carboxylic acids is 2. The van der Waals surface area contributed by atoms with Gasteiger partial charge in [-0.25, -0.2) is 0 Å². The summed E-state index contributed by atoms with van der Waals surface area (Å²) in [5.41, 5.74) is 15.1. The van der Waals surface area contributed by atoms with Crippen LogP contribution < -0.4 is 26.7 Å². The number of carbonyl (C=O) groups is 2. The van der Waals surface area contributed by atoms with Crippen LogP contribution in [-0.4, -0.2) is 72.5 Å². The van der Waals surface area contributed by atoms with Crippen molar-refractivity contribution in [3.63, 3.8) is 0 Å². The van der Waals surface area contributed by atoms with E-state index in [1.165, 1.54) is 6.20 Å². The molecule has 2 amide bonds. The monoisotopic (exact) mass is 565 g/mol. The molecule has 0 spiro atoms. The minimum atomic E-state index is -0.946. The van der Waals surface area contributed by atoms with Crippen LogP contribution in [-0.2, 0) is 14.3 Å². The van der Waals surface area contributed by atoms with Crippen molar-refractivity contribution in [3.8, 4) is 17.6 Å². The summed E-state index contributed by atoms with van der Waals surface area (Å²) in [6.07, 6.45) is 2.45. The van der Waals surface area contributed by atoms with Gasteiger partial charge in [0.25, 0.3) is 11.5 Å². The molecule has 6 N–H and O–H groups in total. The highest BCUT2D eigenvalue weighted by atomic mass is 16.6. The van der Waals surface area contributed by atoms with Gasteiger partial charge in [-0.3, -0.25) is 19.4 Å². The van der Waals surface area contributed by atoms with Crippen molar-refractivity contribution in [2.75, 3.05) is 45.3 Å². The molecule has 2 aromatic heterocycles. The molecule has 1 atom stereocenters. The van der Waals surface area contributed by atoms with Crippen molar-refractivity contribution in [2.24, 2.45) is 5.11 Å². The maximum atomic E-state index is 12.2. The maximum absolute atomic E-state index is 12.2. The van der Waals surface area contributed by atoms with Gasteiger partial charge in [0, 0.05) is 23.2 Å². The molecule has 216 valence electrons. The van der Waals surface area contributed by atoms with Gasteiger partial charge in [0.05, 0.1) is 30.7 Å². The lowest BCUT2D eigenvalue weighted by atomic mass is 10.2. The molecule has 0 saturated heterocycles. The quantitative estimate of drug-likeness (QED) is 0.0596. The number of anilines is 1. The zero-order valence-corrected chi connectivity index (χ0v) is 22.4. The Hall–Kier alpha value is -5.03. The topological polar surface area (TPSA) is 222 Å². The van der Waals surface area contributed by atoms with E-state index in [0.717, 1.165) is 12.8 Å². The maximum Gasteiger partial charge on any atom is 0.263 e. The van der Waals surface area contributed by atoms with Crippen LogP contribution in [0.15, 0.2) is 40.4 Å². The van der Waals surface area contributed by atoms with Crippen LogP contribution in [0.2, 0.25) is 0 Å². The highest BCUT2D eigenvalue weighted by Crippen LogP contribution is 2.14. The van der Waals surface area contributed by atoms with Gasteiger partial charge in [-0.15, -0.1) is 0 Å². The summed E-state index contributed by atoms with van der Waals surface area (Å²) in [7, 11) is 0. The van der Waals surface area contributed by atoms with Gasteiger partial charge in [0.15, 0.2) is 6.23 Å². The van der Waals surface area contributed by atoms with E-state index < -0.39 is 17.7 Å². The van der Waals surface area contributed by atoms with Crippen LogP contribution in [0, 0.1) is 11.8 Å². The first-order chi connectivity index (χ1) is 19.9. The number of amides is 2. The third kappa shape index (κ3) is 9.90. The molecule has 41 heavy (non-hydrogen) atoms. The zero-order valence-electron chi connectivity index (χ0n) is 22.4. The highest BCUT2D eigenvalue weighted by Gasteiger charge is 2.11. The summed E-state index contributed by atoms with van der Waals surface area (Å²) in [5, 5.41) is 9.24. The number of hydrogen-bond donors (Lipinski definition) is 5. The number of nitrogen functional groups attached to an aromatic ring is 1. The molecule has 0 aliphatic carbocycles. The number of nitrogens with two attached hydrogens (primary N) is 1. The van der Waals surface area contributed by atoms with E-state index in [4.69, 9.17) is 25.5 Å². The van der Waals surface area contributed by atoms with Crippen molar-refractivity contribution in [1.82, 2.24) is 25.6 Å².